The molecule has 1 aliphatic rings. The van der Waals surface area contributed by atoms with Crippen LogP contribution in [0.1, 0.15) is 11.5 Å². The van der Waals surface area contributed by atoms with E-state index in [1.807, 2.05) is 30.3 Å². The lowest BCUT2D eigenvalue weighted by atomic mass is 10.0. The third-order valence-corrected chi connectivity index (χ3v) is 2.13. The SMILES string of the molecule is CN1N=CC(c2ccccc2)C1=O. The summed E-state index contributed by atoms with van der Waals surface area (Å²) in [5.41, 5.74) is 1.00. The number of amides is 1. The molecular weight excluding hydrogens is 164 g/mol. The van der Waals surface area contributed by atoms with Crippen LogP contribution in [0.25, 0.3) is 0 Å². The zero-order valence-corrected chi connectivity index (χ0v) is 7.34. The van der Waals surface area contributed by atoms with Gasteiger partial charge in [0, 0.05) is 13.3 Å². The van der Waals surface area contributed by atoms with Crippen molar-refractivity contribution in [1.82, 2.24) is 5.01 Å². The summed E-state index contributed by atoms with van der Waals surface area (Å²) in [5.74, 6) is -0.155. The number of hydrogen-bond donors (Lipinski definition) is 0. The monoisotopic (exact) mass is 174 g/mol. The highest BCUT2D eigenvalue weighted by Crippen LogP contribution is 2.20. The third-order valence-electron chi connectivity index (χ3n) is 2.13. The lowest BCUT2D eigenvalue weighted by Crippen LogP contribution is -2.20. The predicted octanol–water partition coefficient (Wildman–Crippen LogP) is 1.23. The molecule has 1 aromatic rings. The number of hydrazone groups is 1. The van der Waals surface area contributed by atoms with E-state index in [1.165, 1.54) is 5.01 Å². The molecule has 0 spiro atoms. The van der Waals surface area contributed by atoms with Crippen LogP contribution in [-0.4, -0.2) is 24.2 Å². The number of nitrogens with zero attached hydrogens (tertiary/aromatic N) is 2. The Morgan fingerprint density at radius 2 is 2.00 bits per heavy atom. The summed E-state index contributed by atoms with van der Waals surface area (Å²) < 4.78 is 0. The van der Waals surface area contributed by atoms with Gasteiger partial charge in [-0.3, -0.25) is 4.79 Å². The van der Waals surface area contributed by atoms with Crippen molar-refractivity contribution in [3.8, 4) is 0 Å². The summed E-state index contributed by atoms with van der Waals surface area (Å²) >= 11 is 0. The van der Waals surface area contributed by atoms with Crippen LogP contribution in [0, 0.1) is 0 Å². The first-order chi connectivity index (χ1) is 6.29. The lowest BCUT2D eigenvalue weighted by molar-refractivity contribution is -0.128. The molecule has 13 heavy (non-hydrogen) atoms. The van der Waals surface area contributed by atoms with E-state index < -0.39 is 0 Å². The third kappa shape index (κ3) is 1.33. The van der Waals surface area contributed by atoms with Crippen molar-refractivity contribution in [3.63, 3.8) is 0 Å². The topological polar surface area (TPSA) is 32.7 Å². The average molecular weight is 174 g/mol. The molecule has 1 amide bonds. The van der Waals surface area contributed by atoms with Gasteiger partial charge in [-0.1, -0.05) is 30.3 Å². The Labute approximate surface area is 76.7 Å². The van der Waals surface area contributed by atoms with Gasteiger partial charge in [0.2, 0.25) is 0 Å². The van der Waals surface area contributed by atoms with Gasteiger partial charge in [0.25, 0.3) is 5.91 Å². The number of likely N-dealkylation sites (N-methyl/N-ethyl adjacent to an activating group) is 1. The van der Waals surface area contributed by atoms with Gasteiger partial charge in [-0.15, -0.1) is 0 Å². The van der Waals surface area contributed by atoms with Gasteiger partial charge < -0.3 is 0 Å². The molecule has 2 rings (SSSR count). The van der Waals surface area contributed by atoms with Crippen LogP contribution in [0.3, 0.4) is 0 Å². The minimum atomic E-state index is -0.189. The van der Waals surface area contributed by atoms with Crippen molar-refractivity contribution in [2.75, 3.05) is 7.05 Å². The first-order valence-electron chi connectivity index (χ1n) is 4.15. The fourth-order valence-corrected chi connectivity index (χ4v) is 1.38. The van der Waals surface area contributed by atoms with E-state index in [1.54, 1.807) is 13.3 Å². The molecule has 1 unspecified atom stereocenters. The molecule has 0 saturated carbocycles. The Morgan fingerprint density at radius 1 is 1.31 bits per heavy atom. The van der Waals surface area contributed by atoms with Gasteiger partial charge in [-0.05, 0) is 5.56 Å². The molecule has 0 saturated heterocycles. The minimum absolute atomic E-state index is 0.0335. The maximum absolute atomic E-state index is 11.5. The summed E-state index contributed by atoms with van der Waals surface area (Å²) in [6.45, 7) is 0. The Bertz CT molecular complexity index is 345. The summed E-state index contributed by atoms with van der Waals surface area (Å²) in [6, 6.07) is 9.66. The van der Waals surface area contributed by atoms with Crippen LogP contribution in [-0.2, 0) is 4.79 Å². The highest BCUT2D eigenvalue weighted by molar-refractivity contribution is 6.02. The lowest BCUT2D eigenvalue weighted by Gasteiger charge is -2.07. The summed E-state index contributed by atoms with van der Waals surface area (Å²) in [7, 11) is 1.67. The van der Waals surface area contributed by atoms with Gasteiger partial charge in [0.05, 0.1) is 0 Å². The van der Waals surface area contributed by atoms with Gasteiger partial charge in [0.1, 0.15) is 5.92 Å². The number of rotatable bonds is 1. The molecule has 0 aromatic heterocycles. The number of carbonyl (C=O) groups is 1. The van der Waals surface area contributed by atoms with Crippen LogP contribution < -0.4 is 0 Å². The Hall–Kier alpha value is -1.64. The maximum Gasteiger partial charge on any atom is 0.255 e. The van der Waals surface area contributed by atoms with E-state index in [4.69, 9.17) is 0 Å². The van der Waals surface area contributed by atoms with Crippen molar-refractivity contribution in [1.29, 1.82) is 0 Å². The number of carbonyl (C=O) groups excluding carboxylic acids is 1. The summed E-state index contributed by atoms with van der Waals surface area (Å²) in [4.78, 5) is 11.5. The second-order valence-corrected chi connectivity index (χ2v) is 3.01. The van der Waals surface area contributed by atoms with Gasteiger partial charge in [-0.2, -0.15) is 5.10 Å². The van der Waals surface area contributed by atoms with Crippen LogP contribution >= 0.6 is 0 Å². The maximum atomic E-state index is 11.5. The van der Waals surface area contributed by atoms with E-state index in [0.29, 0.717) is 0 Å². The molecule has 1 aromatic carbocycles. The highest BCUT2D eigenvalue weighted by Gasteiger charge is 2.26. The molecule has 0 radical (unpaired) electrons. The van der Waals surface area contributed by atoms with Gasteiger partial charge in [0.15, 0.2) is 0 Å². The molecule has 1 heterocycles. The zero-order valence-electron chi connectivity index (χ0n) is 7.34. The zero-order chi connectivity index (χ0) is 9.26. The van der Waals surface area contributed by atoms with E-state index in [9.17, 15) is 4.79 Å². The summed E-state index contributed by atoms with van der Waals surface area (Å²) in [6.07, 6.45) is 1.68. The van der Waals surface area contributed by atoms with Gasteiger partial charge >= 0.3 is 0 Å². The normalized spacial score (nSPS) is 21.2. The highest BCUT2D eigenvalue weighted by atomic mass is 16.2. The van der Waals surface area contributed by atoms with Crippen molar-refractivity contribution in [3.05, 3.63) is 35.9 Å². The number of hydrogen-bond acceptors (Lipinski definition) is 2. The standard InChI is InChI=1S/C10H10N2O/c1-12-10(13)9(7-11-12)8-5-3-2-4-6-8/h2-7,9H,1H3. The average Bonchev–Trinajstić information content (AvgIpc) is 2.49. The van der Waals surface area contributed by atoms with Gasteiger partial charge in [-0.25, -0.2) is 5.01 Å². The van der Waals surface area contributed by atoms with Crippen LogP contribution in [0.4, 0.5) is 0 Å². The van der Waals surface area contributed by atoms with Crippen LogP contribution in [0.5, 0.6) is 0 Å². The van der Waals surface area contributed by atoms with Crippen molar-refractivity contribution in [2.45, 2.75) is 5.92 Å². The molecule has 0 N–H and O–H groups in total. The molecular formula is C10H10N2O. The van der Waals surface area contributed by atoms with Crippen molar-refractivity contribution < 1.29 is 4.79 Å². The minimum Gasteiger partial charge on any atom is -0.272 e. The second-order valence-electron chi connectivity index (χ2n) is 3.01. The Kier molecular flexibility index (Phi) is 1.85. The van der Waals surface area contributed by atoms with Crippen molar-refractivity contribution in [2.24, 2.45) is 5.10 Å². The van der Waals surface area contributed by atoms with Crippen LogP contribution in [0.15, 0.2) is 35.4 Å². The predicted molar refractivity (Wildman–Crippen MR) is 50.4 cm³/mol. The smallest absolute Gasteiger partial charge is 0.255 e. The fourth-order valence-electron chi connectivity index (χ4n) is 1.38. The Balaban J connectivity index is 2.30. The molecule has 1 atom stereocenters. The molecule has 3 nitrogen and oxygen atoms in total. The van der Waals surface area contributed by atoms with Crippen molar-refractivity contribution >= 4 is 12.1 Å². The van der Waals surface area contributed by atoms with E-state index in [0.717, 1.165) is 5.56 Å². The fraction of sp³-hybridized carbons (Fsp3) is 0.200. The van der Waals surface area contributed by atoms with E-state index in [-0.39, 0.29) is 11.8 Å². The quantitative estimate of drug-likeness (QED) is 0.630. The number of benzene rings is 1. The molecule has 0 bridgehead atoms. The molecule has 66 valence electrons. The van der Waals surface area contributed by atoms with E-state index >= 15 is 0 Å². The van der Waals surface area contributed by atoms with E-state index in [2.05, 4.69) is 5.10 Å². The summed E-state index contributed by atoms with van der Waals surface area (Å²) in [5, 5.41) is 5.31. The molecule has 0 aliphatic carbocycles. The largest absolute Gasteiger partial charge is 0.272 e. The Morgan fingerprint density at radius 3 is 2.54 bits per heavy atom. The molecule has 1 aliphatic heterocycles. The first kappa shape index (κ1) is 7.98. The second kappa shape index (κ2) is 3.01. The van der Waals surface area contributed by atoms with Crippen LogP contribution in [0.2, 0.25) is 0 Å². The first-order valence-corrected chi connectivity index (χ1v) is 4.15. The molecule has 3 heteroatoms. The molecule has 0 fully saturated rings.